The lowest BCUT2D eigenvalue weighted by atomic mass is 10.6. The third kappa shape index (κ3) is 20.1. The number of rotatable bonds is 5. The van der Waals surface area contributed by atoms with Gasteiger partial charge < -0.3 is 10.9 Å². The summed E-state index contributed by atoms with van der Waals surface area (Å²) in [4.78, 5) is 2.78. The van der Waals surface area contributed by atoms with Gasteiger partial charge in [0, 0.05) is 0 Å². The highest BCUT2D eigenvalue weighted by Crippen LogP contribution is 1.72. The fourth-order valence-electron chi connectivity index (χ4n) is 0.390. The second-order valence-electron chi connectivity index (χ2n) is 2.92. The van der Waals surface area contributed by atoms with Crippen LogP contribution in [0.4, 0.5) is 0 Å². The van der Waals surface area contributed by atoms with Crippen molar-refractivity contribution in [1.29, 1.82) is 0 Å². The molecule has 0 aliphatic heterocycles. The van der Waals surface area contributed by atoms with E-state index in [2.05, 4.69) is 10.0 Å². The van der Waals surface area contributed by atoms with Crippen LogP contribution in [-0.4, -0.2) is 53.6 Å². The molecule has 12 heteroatoms. The molecule has 106 valence electrons. The summed E-state index contributed by atoms with van der Waals surface area (Å²) in [5.41, 5.74) is 4.95. The van der Waals surface area contributed by atoms with Crippen LogP contribution in [0.2, 0.25) is 0 Å². The molecule has 0 aliphatic carbocycles. The maximum Gasteiger partial charge on any atom is 0.280 e. The summed E-state index contributed by atoms with van der Waals surface area (Å²) < 4.78 is 45.0. The smallest absolute Gasteiger partial charge is 0.280 e. The lowest BCUT2D eigenvalue weighted by Crippen LogP contribution is -2.32. The van der Waals surface area contributed by atoms with E-state index in [9.17, 15) is 16.8 Å². The molecule has 10 nitrogen and oxygen atoms in total. The number of hydrogen-bond acceptors (Lipinski definition) is 6. The number of sulfonamides is 2. The highest BCUT2D eigenvalue weighted by Gasteiger charge is 2.00. The fraction of sp³-hybridized carbons (Fsp3) is 0.667. The Morgan fingerprint density at radius 1 is 1.28 bits per heavy atom. The molecule has 0 bridgehead atoms. The second kappa shape index (κ2) is 8.64. The average Bonchev–Trinajstić information content (AvgIpc) is 2.22. The van der Waals surface area contributed by atoms with Crippen LogP contribution in [-0.2, 0) is 20.0 Å². The molecule has 0 radical (unpaired) electrons. The van der Waals surface area contributed by atoms with Gasteiger partial charge in [0.1, 0.15) is 0 Å². The van der Waals surface area contributed by atoms with Gasteiger partial charge in [-0.05, 0) is 0 Å². The lowest BCUT2D eigenvalue weighted by molar-refractivity contribution is 0.317. The molecule has 0 atom stereocenters. The minimum Gasteiger partial charge on any atom is -0.409 e. The highest BCUT2D eigenvalue weighted by atomic mass is 32.2. The van der Waals surface area contributed by atoms with Crippen molar-refractivity contribution < 1.29 is 22.0 Å². The van der Waals surface area contributed by atoms with Crippen LogP contribution in [0.15, 0.2) is 5.16 Å². The second-order valence-corrected chi connectivity index (χ2v) is 6.58. The fourth-order valence-corrected chi connectivity index (χ4v) is 1.10. The molecular formula is C6H15N5O5S2. The first-order valence-corrected chi connectivity index (χ1v) is 7.99. The Balaban J connectivity index is 0. The van der Waals surface area contributed by atoms with E-state index < -0.39 is 20.0 Å². The zero-order chi connectivity index (χ0) is 14.8. The van der Waals surface area contributed by atoms with E-state index in [1.54, 1.807) is 0 Å². The first-order valence-electron chi connectivity index (χ1n) is 4.20. The van der Waals surface area contributed by atoms with Crippen molar-refractivity contribution in [3.8, 4) is 0 Å². The summed E-state index contributed by atoms with van der Waals surface area (Å²) in [6.07, 6.45) is 2.00. The Morgan fingerprint density at radius 2 is 1.72 bits per heavy atom. The number of amidine groups is 1. The third-order valence-corrected chi connectivity index (χ3v) is 2.37. The van der Waals surface area contributed by atoms with Gasteiger partial charge in [-0.2, -0.15) is 0 Å². The normalized spacial score (nSPS) is 12.2. The van der Waals surface area contributed by atoms with Gasteiger partial charge in [0.05, 0.1) is 19.1 Å². The molecular weight excluding hydrogens is 286 g/mol. The summed E-state index contributed by atoms with van der Waals surface area (Å²) in [6.45, 7) is 5.84. The Hall–Kier alpha value is -1.42. The van der Waals surface area contributed by atoms with E-state index in [-0.39, 0.29) is 19.0 Å². The molecule has 5 N–H and O–H groups in total. The van der Waals surface area contributed by atoms with Crippen LogP contribution < -0.4 is 15.2 Å². The van der Waals surface area contributed by atoms with Gasteiger partial charge in [-0.25, -0.2) is 28.1 Å². The molecule has 0 aromatic carbocycles. The minimum atomic E-state index is -3.25. The molecule has 0 unspecified atom stereocenters. The molecule has 0 aromatic rings. The number of nitrogens with one attached hydrogen (secondary N) is 2. The molecule has 0 aliphatic rings. The summed E-state index contributed by atoms with van der Waals surface area (Å²) in [5, 5.41) is 10.5. The minimum absolute atomic E-state index is 0.168. The molecule has 0 saturated carbocycles. The number of hydrogen-bond donors (Lipinski definition) is 4. The number of oxime groups is 1. The molecule has 0 heterocycles. The molecule has 18 heavy (non-hydrogen) atoms. The van der Waals surface area contributed by atoms with Gasteiger partial charge in [-0.1, -0.05) is 5.16 Å². The van der Waals surface area contributed by atoms with Crippen molar-refractivity contribution in [2.24, 2.45) is 10.9 Å². The van der Waals surface area contributed by atoms with E-state index >= 15 is 0 Å². The Morgan fingerprint density at radius 3 is 1.94 bits per heavy atom. The first kappa shape index (κ1) is 18.9. The van der Waals surface area contributed by atoms with Gasteiger partial charge in [0.25, 0.3) is 6.67 Å². The van der Waals surface area contributed by atoms with Crippen LogP contribution >= 0.6 is 0 Å². The summed E-state index contributed by atoms with van der Waals surface area (Å²) in [7, 11) is -6.40. The summed E-state index contributed by atoms with van der Waals surface area (Å²) >= 11 is 0. The Labute approximate surface area is 106 Å². The summed E-state index contributed by atoms with van der Waals surface area (Å²) in [5.74, 6) is -0.176. The highest BCUT2D eigenvalue weighted by molar-refractivity contribution is 7.89. The van der Waals surface area contributed by atoms with Crippen molar-refractivity contribution >= 4 is 25.9 Å². The Kier molecular flexibility index (Phi) is 9.09. The van der Waals surface area contributed by atoms with Crippen molar-refractivity contribution in [2.75, 3.05) is 25.7 Å². The van der Waals surface area contributed by atoms with Crippen molar-refractivity contribution in [1.82, 2.24) is 9.44 Å². The lowest BCUT2D eigenvalue weighted by Gasteiger charge is -1.97. The van der Waals surface area contributed by atoms with Gasteiger partial charge in [-0.15, -0.1) is 4.72 Å². The van der Waals surface area contributed by atoms with E-state index in [4.69, 9.17) is 17.5 Å². The van der Waals surface area contributed by atoms with Gasteiger partial charge in [-0.3, -0.25) is 4.85 Å². The van der Waals surface area contributed by atoms with Crippen molar-refractivity contribution in [3.05, 3.63) is 11.4 Å². The Bertz CT molecular complexity index is 503. The van der Waals surface area contributed by atoms with E-state index in [1.807, 2.05) is 9.44 Å². The monoisotopic (exact) mass is 301 g/mol. The van der Waals surface area contributed by atoms with Gasteiger partial charge >= 0.3 is 0 Å². The third-order valence-electron chi connectivity index (χ3n) is 1.05. The van der Waals surface area contributed by atoms with Crippen LogP contribution in [0.3, 0.4) is 0 Å². The standard InChI is InChI=1S/C3H9N3O3S.C3H6N2O2S/c1-10(8,9)5-2-3(4)6-7;1-4-3-5-8(2,6)7/h5,7H,2H2,1H3,(H2,4,6);5H,3H2,2H3. The van der Waals surface area contributed by atoms with Crippen LogP contribution in [0.5, 0.6) is 0 Å². The quantitative estimate of drug-likeness (QED) is 0.147. The van der Waals surface area contributed by atoms with Crippen molar-refractivity contribution in [2.45, 2.75) is 0 Å². The zero-order valence-electron chi connectivity index (χ0n) is 9.78. The topological polar surface area (TPSA) is 155 Å². The number of nitrogens with zero attached hydrogens (tertiary/aromatic N) is 2. The van der Waals surface area contributed by atoms with Crippen LogP contribution in [0.1, 0.15) is 0 Å². The first-order chi connectivity index (χ1) is 8.02. The molecule has 0 spiro atoms. The predicted molar refractivity (Wildman–Crippen MR) is 65.7 cm³/mol. The van der Waals surface area contributed by atoms with E-state index in [0.717, 1.165) is 12.5 Å². The number of nitrogens with two attached hydrogens (primary N) is 1. The molecule has 0 saturated heterocycles. The molecule has 0 amide bonds. The zero-order valence-corrected chi connectivity index (χ0v) is 11.4. The molecule has 0 rings (SSSR count). The van der Waals surface area contributed by atoms with Crippen molar-refractivity contribution in [3.63, 3.8) is 0 Å². The van der Waals surface area contributed by atoms with Gasteiger partial charge in [0.2, 0.25) is 20.0 Å². The van der Waals surface area contributed by atoms with Crippen LogP contribution in [0, 0.1) is 6.57 Å². The molecule has 0 fully saturated rings. The van der Waals surface area contributed by atoms with E-state index in [0.29, 0.717) is 0 Å². The average molecular weight is 301 g/mol. The van der Waals surface area contributed by atoms with Crippen LogP contribution in [0.25, 0.3) is 4.85 Å². The summed E-state index contributed by atoms with van der Waals surface area (Å²) in [6, 6.07) is 0. The van der Waals surface area contributed by atoms with E-state index in [1.165, 1.54) is 0 Å². The van der Waals surface area contributed by atoms with Gasteiger partial charge in [0.15, 0.2) is 5.84 Å². The molecule has 0 aromatic heterocycles. The maximum atomic E-state index is 10.3. The predicted octanol–water partition coefficient (Wildman–Crippen LogP) is -2.31. The largest absolute Gasteiger partial charge is 0.409 e. The SMILES string of the molecule is CS(=O)(=O)NC/C(N)=N/O.[C-]#[N+]CNS(C)(=O)=O. The maximum absolute atomic E-state index is 10.3.